The van der Waals surface area contributed by atoms with E-state index < -0.39 is 0 Å². The molecule has 94 valence electrons. The number of ether oxygens (including phenoxy) is 1. The second-order valence-corrected chi connectivity index (χ2v) is 5.24. The van der Waals surface area contributed by atoms with Gasteiger partial charge < -0.3 is 9.64 Å². The summed E-state index contributed by atoms with van der Waals surface area (Å²) in [5.41, 5.74) is 2.76. The molecule has 1 aromatic heterocycles. The van der Waals surface area contributed by atoms with Crippen molar-refractivity contribution >= 4 is 17.2 Å². The maximum atomic E-state index is 12.0. The van der Waals surface area contributed by atoms with Crippen molar-refractivity contribution in [1.82, 2.24) is 9.88 Å². The van der Waals surface area contributed by atoms with Gasteiger partial charge in [0.25, 0.3) is 0 Å². The maximum absolute atomic E-state index is 12.0. The van der Waals surface area contributed by atoms with E-state index in [9.17, 15) is 4.79 Å². The molecule has 1 aliphatic rings. The van der Waals surface area contributed by atoms with Gasteiger partial charge in [0, 0.05) is 32.1 Å². The van der Waals surface area contributed by atoms with Crippen molar-refractivity contribution in [1.29, 1.82) is 0 Å². The van der Waals surface area contributed by atoms with E-state index in [0.29, 0.717) is 18.9 Å². The highest BCUT2D eigenvalue weighted by Crippen LogP contribution is 2.18. The smallest absolute Gasteiger partial charge is 0.223 e. The lowest BCUT2D eigenvalue weighted by Crippen LogP contribution is -2.30. The van der Waals surface area contributed by atoms with Gasteiger partial charge in [0.1, 0.15) is 0 Å². The molecule has 0 unspecified atom stereocenters. The zero-order valence-corrected chi connectivity index (χ0v) is 10.9. The second kappa shape index (κ2) is 6.12. The van der Waals surface area contributed by atoms with Crippen LogP contribution in [0.1, 0.15) is 25.0 Å². The number of carbonyl (C=O) groups excluding carboxylic acids is 1. The van der Waals surface area contributed by atoms with Gasteiger partial charge in [0.15, 0.2) is 0 Å². The summed E-state index contributed by atoms with van der Waals surface area (Å²) in [6, 6.07) is 0. The first-order valence-corrected chi connectivity index (χ1v) is 6.89. The van der Waals surface area contributed by atoms with Crippen LogP contribution >= 0.6 is 11.3 Å². The van der Waals surface area contributed by atoms with Crippen molar-refractivity contribution in [3.63, 3.8) is 0 Å². The lowest BCUT2D eigenvalue weighted by Gasteiger charge is -2.24. The molecule has 17 heavy (non-hydrogen) atoms. The van der Waals surface area contributed by atoms with Crippen molar-refractivity contribution in [3.8, 4) is 0 Å². The monoisotopic (exact) mass is 254 g/mol. The van der Waals surface area contributed by atoms with Crippen molar-refractivity contribution in [2.45, 2.75) is 25.8 Å². The Morgan fingerprint density at radius 2 is 2.59 bits per heavy atom. The van der Waals surface area contributed by atoms with Gasteiger partial charge in [-0.1, -0.05) is 0 Å². The van der Waals surface area contributed by atoms with Crippen molar-refractivity contribution in [2.24, 2.45) is 5.92 Å². The SMILES string of the molecule is CN(Cc1cscn1)C(=O)C[C@@H]1CCCOC1. The molecule has 1 aliphatic heterocycles. The predicted molar refractivity (Wildman–Crippen MR) is 66.7 cm³/mol. The molecule has 0 aliphatic carbocycles. The predicted octanol–water partition coefficient (Wildman–Crippen LogP) is 1.92. The zero-order chi connectivity index (χ0) is 12.1. The van der Waals surface area contributed by atoms with Crippen molar-refractivity contribution < 1.29 is 9.53 Å². The Balaban J connectivity index is 1.78. The third kappa shape index (κ3) is 3.78. The molecule has 0 N–H and O–H groups in total. The summed E-state index contributed by atoms with van der Waals surface area (Å²) in [6.45, 7) is 2.19. The van der Waals surface area contributed by atoms with E-state index in [1.54, 1.807) is 21.7 Å². The Morgan fingerprint density at radius 3 is 3.24 bits per heavy atom. The number of aromatic nitrogens is 1. The lowest BCUT2D eigenvalue weighted by atomic mass is 9.98. The Hall–Kier alpha value is -0.940. The van der Waals surface area contributed by atoms with Crippen LogP contribution in [0.5, 0.6) is 0 Å². The van der Waals surface area contributed by atoms with Gasteiger partial charge in [0.2, 0.25) is 5.91 Å². The van der Waals surface area contributed by atoms with Crippen molar-refractivity contribution in [3.05, 3.63) is 16.6 Å². The summed E-state index contributed by atoms with van der Waals surface area (Å²) in [5, 5.41) is 1.98. The van der Waals surface area contributed by atoms with Crippen LogP contribution in [0.4, 0.5) is 0 Å². The summed E-state index contributed by atoms with van der Waals surface area (Å²) in [4.78, 5) is 17.9. The van der Waals surface area contributed by atoms with E-state index in [2.05, 4.69) is 4.98 Å². The van der Waals surface area contributed by atoms with E-state index in [1.165, 1.54) is 0 Å². The van der Waals surface area contributed by atoms with E-state index >= 15 is 0 Å². The minimum absolute atomic E-state index is 0.188. The molecule has 2 heterocycles. The fourth-order valence-electron chi connectivity index (χ4n) is 2.02. The molecule has 1 amide bonds. The van der Waals surface area contributed by atoms with Gasteiger partial charge >= 0.3 is 0 Å². The molecular formula is C12H18N2O2S. The standard InChI is InChI=1S/C12H18N2O2S/c1-14(6-11-8-17-9-13-11)12(15)5-10-3-2-4-16-7-10/h8-10H,2-7H2,1H3/t10-/m0/s1. The topological polar surface area (TPSA) is 42.4 Å². The van der Waals surface area contributed by atoms with Gasteiger partial charge in [-0.25, -0.2) is 4.98 Å². The normalized spacial score (nSPS) is 20.2. The van der Waals surface area contributed by atoms with Crippen LogP contribution in [0.2, 0.25) is 0 Å². The molecule has 1 aromatic rings. The number of thiazole rings is 1. The number of amides is 1. The number of carbonyl (C=O) groups is 1. The first-order valence-electron chi connectivity index (χ1n) is 5.94. The number of hydrogen-bond donors (Lipinski definition) is 0. The number of nitrogens with zero attached hydrogens (tertiary/aromatic N) is 2. The molecular weight excluding hydrogens is 236 g/mol. The van der Waals surface area contributed by atoms with Crippen LogP contribution in [0, 0.1) is 5.92 Å². The Bertz CT molecular complexity index is 347. The number of hydrogen-bond acceptors (Lipinski definition) is 4. The fourth-order valence-corrected chi connectivity index (χ4v) is 2.57. The number of rotatable bonds is 4. The van der Waals surface area contributed by atoms with Gasteiger partial charge in [0.05, 0.1) is 17.7 Å². The summed E-state index contributed by atoms with van der Waals surface area (Å²) >= 11 is 1.56. The molecule has 0 radical (unpaired) electrons. The average Bonchev–Trinajstić information content (AvgIpc) is 2.83. The summed E-state index contributed by atoms with van der Waals surface area (Å²) in [5.74, 6) is 0.586. The van der Waals surface area contributed by atoms with Crippen LogP contribution in [0.15, 0.2) is 10.9 Å². The summed E-state index contributed by atoms with van der Waals surface area (Å²) in [7, 11) is 1.84. The minimum Gasteiger partial charge on any atom is -0.381 e. The van der Waals surface area contributed by atoms with Crippen molar-refractivity contribution in [2.75, 3.05) is 20.3 Å². The second-order valence-electron chi connectivity index (χ2n) is 4.52. The summed E-state index contributed by atoms with van der Waals surface area (Å²) in [6.07, 6.45) is 2.78. The van der Waals surface area contributed by atoms with Crippen LogP contribution < -0.4 is 0 Å². The van der Waals surface area contributed by atoms with Gasteiger partial charge in [-0.2, -0.15) is 0 Å². The third-order valence-corrected chi connectivity index (χ3v) is 3.66. The Morgan fingerprint density at radius 1 is 1.71 bits per heavy atom. The van der Waals surface area contributed by atoms with Gasteiger partial charge in [-0.3, -0.25) is 4.79 Å². The molecule has 5 heteroatoms. The molecule has 4 nitrogen and oxygen atoms in total. The van der Waals surface area contributed by atoms with Crippen LogP contribution in [0.3, 0.4) is 0 Å². The molecule has 1 saturated heterocycles. The van der Waals surface area contributed by atoms with Crippen LogP contribution in [-0.4, -0.2) is 36.1 Å². The highest BCUT2D eigenvalue weighted by atomic mass is 32.1. The molecule has 0 bridgehead atoms. The lowest BCUT2D eigenvalue weighted by molar-refractivity contribution is -0.132. The molecule has 2 rings (SSSR count). The molecule has 1 fully saturated rings. The molecule has 0 spiro atoms. The highest BCUT2D eigenvalue weighted by Gasteiger charge is 2.19. The van der Waals surface area contributed by atoms with Gasteiger partial charge in [-0.05, 0) is 18.8 Å². The van der Waals surface area contributed by atoms with E-state index in [1.807, 2.05) is 12.4 Å². The van der Waals surface area contributed by atoms with E-state index in [-0.39, 0.29) is 5.91 Å². The average molecular weight is 254 g/mol. The largest absolute Gasteiger partial charge is 0.381 e. The summed E-state index contributed by atoms with van der Waals surface area (Å²) < 4.78 is 5.39. The van der Waals surface area contributed by atoms with Crippen LogP contribution in [-0.2, 0) is 16.1 Å². The van der Waals surface area contributed by atoms with E-state index in [4.69, 9.17) is 4.74 Å². The maximum Gasteiger partial charge on any atom is 0.223 e. The quantitative estimate of drug-likeness (QED) is 0.824. The fraction of sp³-hybridized carbons (Fsp3) is 0.667. The minimum atomic E-state index is 0.188. The highest BCUT2D eigenvalue weighted by molar-refractivity contribution is 7.07. The first-order chi connectivity index (χ1) is 8.25. The molecule has 1 atom stereocenters. The van der Waals surface area contributed by atoms with E-state index in [0.717, 1.165) is 31.7 Å². The van der Waals surface area contributed by atoms with Gasteiger partial charge in [-0.15, -0.1) is 11.3 Å². The Labute approximate surface area is 106 Å². The molecule has 0 saturated carbocycles. The Kier molecular flexibility index (Phi) is 4.50. The molecule has 0 aromatic carbocycles. The third-order valence-electron chi connectivity index (χ3n) is 3.03. The first kappa shape index (κ1) is 12.5. The zero-order valence-electron chi connectivity index (χ0n) is 10.1. The van der Waals surface area contributed by atoms with Crippen LogP contribution in [0.25, 0.3) is 0 Å².